The first-order valence-corrected chi connectivity index (χ1v) is 11.5. The lowest BCUT2D eigenvalue weighted by Gasteiger charge is -2.35. The van der Waals surface area contributed by atoms with Crippen LogP contribution >= 0.6 is 11.6 Å². The zero-order valence-electron chi connectivity index (χ0n) is 19.4. The second-order valence-electron chi connectivity index (χ2n) is 8.46. The molecule has 1 heterocycles. The Kier molecular flexibility index (Phi) is 7.39. The van der Waals surface area contributed by atoms with Gasteiger partial charge in [-0.25, -0.2) is 14.4 Å². The van der Waals surface area contributed by atoms with Crippen LogP contribution in [-0.2, 0) is 4.79 Å². The van der Waals surface area contributed by atoms with Crippen LogP contribution in [0.25, 0.3) is 10.9 Å². The van der Waals surface area contributed by atoms with E-state index in [0.717, 1.165) is 4.90 Å². The van der Waals surface area contributed by atoms with Crippen molar-refractivity contribution in [2.24, 2.45) is 0 Å². The summed E-state index contributed by atoms with van der Waals surface area (Å²) in [7, 11) is 2.67. The molecule has 36 heavy (non-hydrogen) atoms. The number of benzene rings is 2. The standard InChI is InChI=1S/C24H23ClF4N4O3/c1-33(23(34)24(27,28)29)14-4-6-15(7-5-14)36-21-10-16-19(11-20(21)35-2)30-12-31-22(16)32-13-3-8-18(26)17(25)9-13/h3,8-12,14-15H,4-7H2,1-2H3,(H,30,31,32)/t14-,15-. The Hall–Kier alpha value is -3.34. The van der Waals surface area contributed by atoms with E-state index in [1.807, 2.05) is 0 Å². The molecule has 1 N–H and O–H groups in total. The minimum atomic E-state index is -4.90. The second kappa shape index (κ2) is 10.3. The molecular formula is C24H23ClF4N4O3. The van der Waals surface area contributed by atoms with Crippen LogP contribution in [0.3, 0.4) is 0 Å². The fourth-order valence-electron chi connectivity index (χ4n) is 4.22. The molecular weight excluding hydrogens is 504 g/mol. The van der Waals surface area contributed by atoms with Crippen molar-refractivity contribution in [3.63, 3.8) is 0 Å². The Morgan fingerprint density at radius 3 is 2.47 bits per heavy atom. The highest BCUT2D eigenvalue weighted by molar-refractivity contribution is 6.31. The van der Waals surface area contributed by atoms with E-state index >= 15 is 0 Å². The summed E-state index contributed by atoms with van der Waals surface area (Å²) < 4.78 is 63.5. The molecule has 0 aliphatic heterocycles. The third-order valence-corrected chi connectivity index (χ3v) is 6.44. The normalized spacial score (nSPS) is 18.1. The highest BCUT2D eigenvalue weighted by atomic mass is 35.5. The fraction of sp³-hybridized carbons (Fsp3) is 0.375. The summed E-state index contributed by atoms with van der Waals surface area (Å²) in [5, 5.41) is 3.67. The maximum atomic E-state index is 13.5. The van der Waals surface area contributed by atoms with Crippen LogP contribution < -0.4 is 14.8 Å². The van der Waals surface area contributed by atoms with Gasteiger partial charge in [0.15, 0.2) is 11.5 Å². The first-order chi connectivity index (χ1) is 17.1. The number of alkyl halides is 3. The second-order valence-corrected chi connectivity index (χ2v) is 8.87. The van der Waals surface area contributed by atoms with Gasteiger partial charge in [-0.2, -0.15) is 13.2 Å². The van der Waals surface area contributed by atoms with E-state index in [0.29, 0.717) is 59.6 Å². The topological polar surface area (TPSA) is 76.6 Å². The molecule has 1 aliphatic rings. The summed E-state index contributed by atoms with van der Waals surface area (Å²) in [4.78, 5) is 20.9. The van der Waals surface area contributed by atoms with Crippen molar-refractivity contribution in [2.45, 2.75) is 44.0 Å². The van der Waals surface area contributed by atoms with Crippen molar-refractivity contribution in [1.29, 1.82) is 0 Å². The number of hydrogen-bond donors (Lipinski definition) is 1. The number of nitrogens with one attached hydrogen (secondary N) is 1. The number of aromatic nitrogens is 2. The molecule has 1 saturated carbocycles. The molecule has 0 spiro atoms. The van der Waals surface area contributed by atoms with Gasteiger partial charge in [0.2, 0.25) is 0 Å². The van der Waals surface area contributed by atoms with Gasteiger partial charge < -0.3 is 19.7 Å². The lowest BCUT2D eigenvalue weighted by atomic mass is 9.92. The first kappa shape index (κ1) is 25.7. The minimum absolute atomic E-state index is 0.0396. The lowest BCUT2D eigenvalue weighted by Crippen LogP contribution is -2.46. The zero-order valence-corrected chi connectivity index (χ0v) is 20.2. The van der Waals surface area contributed by atoms with E-state index < -0.39 is 23.9 Å². The predicted molar refractivity (Wildman–Crippen MR) is 126 cm³/mol. The Bertz CT molecular complexity index is 1270. The van der Waals surface area contributed by atoms with Crippen LogP contribution in [-0.4, -0.2) is 53.3 Å². The van der Waals surface area contributed by atoms with Gasteiger partial charge in [0.05, 0.1) is 23.8 Å². The fourth-order valence-corrected chi connectivity index (χ4v) is 4.40. The van der Waals surface area contributed by atoms with Crippen molar-refractivity contribution in [3.8, 4) is 11.5 Å². The van der Waals surface area contributed by atoms with Gasteiger partial charge in [0, 0.05) is 30.2 Å². The molecule has 3 aromatic rings. The third kappa shape index (κ3) is 5.56. The van der Waals surface area contributed by atoms with E-state index in [2.05, 4.69) is 15.3 Å². The van der Waals surface area contributed by atoms with Crippen molar-refractivity contribution in [3.05, 3.63) is 47.5 Å². The predicted octanol–water partition coefficient (Wildman–Crippen LogP) is 5.89. The minimum Gasteiger partial charge on any atom is -0.493 e. The van der Waals surface area contributed by atoms with E-state index in [1.165, 1.54) is 38.7 Å². The molecule has 1 fully saturated rings. The van der Waals surface area contributed by atoms with Crippen LogP contribution in [0, 0.1) is 5.82 Å². The number of fused-ring (bicyclic) bond motifs is 1. The van der Waals surface area contributed by atoms with Gasteiger partial charge in [0.1, 0.15) is 18.0 Å². The highest BCUT2D eigenvalue weighted by Crippen LogP contribution is 2.37. The molecule has 1 aliphatic carbocycles. The van der Waals surface area contributed by atoms with Gasteiger partial charge in [-0.05, 0) is 49.9 Å². The van der Waals surface area contributed by atoms with Crippen LogP contribution in [0.4, 0.5) is 29.1 Å². The summed E-state index contributed by atoms with van der Waals surface area (Å²) >= 11 is 5.88. The van der Waals surface area contributed by atoms with Crippen LogP contribution in [0.5, 0.6) is 11.5 Å². The van der Waals surface area contributed by atoms with E-state index in [-0.39, 0.29) is 11.1 Å². The Morgan fingerprint density at radius 2 is 1.83 bits per heavy atom. The SMILES string of the molecule is COc1cc2ncnc(Nc3ccc(F)c(Cl)c3)c2cc1O[C@H]1CC[C@H](N(C)C(=O)C(F)(F)F)CC1. The van der Waals surface area contributed by atoms with Crippen LogP contribution in [0.15, 0.2) is 36.7 Å². The first-order valence-electron chi connectivity index (χ1n) is 11.1. The molecule has 0 radical (unpaired) electrons. The molecule has 4 rings (SSSR count). The average molecular weight is 527 g/mol. The lowest BCUT2D eigenvalue weighted by molar-refractivity contribution is -0.187. The number of halogens is 5. The number of carbonyl (C=O) groups excluding carboxylic acids is 1. The number of anilines is 2. The van der Waals surface area contributed by atoms with Gasteiger partial charge in [-0.15, -0.1) is 0 Å². The number of hydrogen-bond acceptors (Lipinski definition) is 6. The Labute approximate surface area is 209 Å². The molecule has 12 heteroatoms. The molecule has 0 atom stereocenters. The van der Waals surface area contributed by atoms with Crippen LogP contribution in [0.2, 0.25) is 5.02 Å². The number of amides is 1. The van der Waals surface area contributed by atoms with E-state index in [9.17, 15) is 22.4 Å². The maximum absolute atomic E-state index is 13.5. The summed E-state index contributed by atoms with van der Waals surface area (Å²) in [6.07, 6.45) is -2.12. The van der Waals surface area contributed by atoms with Crippen molar-refractivity contribution >= 4 is 39.9 Å². The molecule has 0 unspecified atom stereocenters. The molecule has 192 valence electrons. The summed E-state index contributed by atoms with van der Waals surface area (Å²) in [6.45, 7) is 0. The zero-order chi connectivity index (χ0) is 26.0. The number of ether oxygens (including phenoxy) is 2. The van der Waals surface area contributed by atoms with E-state index in [1.54, 1.807) is 12.1 Å². The smallest absolute Gasteiger partial charge is 0.471 e. The van der Waals surface area contributed by atoms with Crippen LogP contribution in [0.1, 0.15) is 25.7 Å². The van der Waals surface area contributed by atoms with Gasteiger partial charge >= 0.3 is 12.1 Å². The molecule has 0 bridgehead atoms. The van der Waals surface area contributed by atoms with Gasteiger partial charge in [-0.1, -0.05) is 11.6 Å². The van der Waals surface area contributed by atoms with Crippen molar-refractivity contribution < 1.29 is 31.8 Å². The van der Waals surface area contributed by atoms with Gasteiger partial charge in [0.25, 0.3) is 0 Å². The van der Waals surface area contributed by atoms with Crippen molar-refractivity contribution in [2.75, 3.05) is 19.5 Å². The highest BCUT2D eigenvalue weighted by Gasteiger charge is 2.43. The number of nitrogens with zero attached hydrogens (tertiary/aromatic N) is 3. The molecule has 1 amide bonds. The average Bonchev–Trinajstić information content (AvgIpc) is 2.85. The van der Waals surface area contributed by atoms with Gasteiger partial charge in [-0.3, -0.25) is 4.79 Å². The molecule has 1 aromatic heterocycles. The monoisotopic (exact) mass is 526 g/mol. The molecule has 2 aromatic carbocycles. The number of rotatable bonds is 6. The Balaban J connectivity index is 1.52. The molecule has 7 nitrogen and oxygen atoms in total. The third-order valence-electron chi connectivity index (χ3n) is 6.15. The van der Waals surface area contributed by atoms with E-state index in [4.69, 9.17) is 21.1 Å². The summed E-state index contributed by atoms with van der Waals surface area (Å²) in [5.41, 5.74) is 1.09. The number of methoxy groups -OCH3 is 1. The number of carbonyl (C=O) groups is 1. The maximum Gasteiger partial charge on any atom is 0.471 e. The Morgan fingerprint density at radius 1 is 1.11 bits per heavy atom. The van der Waals surface area contributed by atoms with Crippen molar-refractivity contribution in [1.82, 2.24) is 14.9 Å². The quantitative estimate of drug-likeness (QED) is 0.404. The summed E-state index contributed by atoms with van der Waals surface area (Å²) in [6, 6.07) is 7.09. The largest absolute Gasteiger partial charge is 0.493 e. The summed E-state index contributed by atoms with van der Waals surface area (Å²) in [5.74, 6) is -1.10. The molecule has 0 saturated heterocycles.